The van der Waals surface area contributed by atoms with E-state index in [0.717, 1.165) is 17.7 Å². The minimum atomic E-state index is -3.50. The number of para-hydroxylation sites is 1. The summed E-state index contributed by atoms with van der Waals surface area (Å²) >= 11 is 0. The topological polar surface area (TPSA) is 61.9 Å². The highest BCUT2D eigenvalue weighted by atomic mass is 32.2. The number of benzene rings is 1. The smallest absolute Gasteiger partial charge is 0.282 e. The molecule has 0 aromatic heterocycles. The summed E-state index contributed by atoms with van der Waals surface area (Å²) in [5, 5.41) is 3.33. The molecular weight excluding hydrogens is 338 g/mol. The second-order valence-corrected chi connectivity index (χ2v) is 9.22. The summed E-state index contributed by atoms with van der Waals surface area (Å²) in [5.41, 5.74) is 0.916. The second kappa shape index (κ2) is 7.61. The molecule has 0 spiro atoms. The molecule has 25 heavy (non-hydrogen) atoms. The Balaban J connectivity index is 1.92. The molecule has 1 N–H and O–H groups in total. The number of hydrogen-bond acceptors (Lipinski definition) is 4. The normalized spacial score (nSPS) is 29.5. The largest absolute Gasteiger partial charge is 0.496 e. The Kier molecular flexibility index (Phi) is 5.68. The molecule has 0 radical (unpaired) electrons. The molecule has 0 amide bonds. The van der Waals surface area contributed by atoms with E-state index in [1.165, 1.54) is 0 Å². The lowest BCUT2D eigenvalue weighted by atomic mass is 9.94. The van der Waals surface area contributed by atoms with E-state index in [-0.39, 0.29) is 6.04 Å². The van der Waals surface area contributed by atoms with Crippen LogP contribution in [0.1, 0.15) is 31.9 Å². The third-order valence-corrected chi connectivity index (χ3v) is 7.13. The summed E-state index contributed by atoms with van der Waals surface area (Å²) in [5.74, 6) is 1.52. The van der Waals surface area contributed by atoms with Crippen molar-refractivity contribution in [3.63, 3.8) is 0 Å². The number of piperidine rings is 1. The molecule has 1 aromatic carbocycles. The minimum absolute atomic E-state index is 0.248. The summed E-state index contributed by atoms with van der Waals surface area (Å²) in [6.07, 6.45) is 1.09. The van der Waals surface area contributed by atoms with Gasteiger partial charge in [0.05, 0.1) is 13.2 Å². The molecule has 1 aromatic rings. The van der Waals surface area contributed by atoms with Gasteiger partial charge in [0.1, 0.15) is 5.75 Å². The maximum atomic E-state index is 13.4. The highest BCUT2D eigenvalue weighted by molar-refractivity contribution is 7.86. The molecule has 140 valence electrons. The number of ether oxygens (including phenoxy) is 1. The molecule has 2 aliphatic heterocycles. The molecule has 3 atom stereocenters. The Morgan fingerprint density at radius 2 is 1.84 bits per heavy atom. The maximum absolute atomic E-state index is 13.4. The van der Waals surface area contributed by atoms with Crippen molar-refractivity contribution in [1.29, 1.82) is 0 Å². The molecule has 6 nitrogen and oxygen atoms in total. The van der Waals surface area contributed by atoms with Crippen LogP contribution in [0.2, 0.25) is 0 Å². The highest BCUT2D eigenvalue weighted by Gasteiger charge is 2.40. The molecule has 7 heteroatoms. The Hall–Kier alpha value is -1.15. The van der Waals surface area contributed by atoms with Gasteiger partial charge in [-0.15, -0.1) is 0 Å². The fourth-order valence-corrected chi connectivity index (χ4v) is 6.13. The van der Waals surface area contributed by atoms with Gasteiger partial charge >= 0.3 is 0 Å². The molecule has 2 aliphatic rings. The van der Waals surface area contributed by atoms with E-state index in [9.17, 15) is 8.42 Å². The van der Waals surface area contributed by atoms with Crippen LogP contribution in [0.4, 0.5) is 0 Å². The van der Waals surface area contributed by atoms with Crippen LogP contribution < -0.4 is 10.1 Å². The summed E-state index contributed by atoms with van der Waals surface area (Å²) in [4.78, 5) is 0. The van der Waals surface area contributed by atoms with Gasteiger partial charge in [-0.2, -0.15) is 17.0 Å². The van der Waals surface area contributed by atoms with Crippen molar-refractivity contribution in [2.75, 3.05) is 39.8 Å². The van der Waals surface area contributed by atoms with Crippen molar-refractivity contribution in [3.8, 4) is 5.75 Å². The van der Waals surface area contributed by atoms with Gasteiger partial charge in [-0.3, -0.25) is 0 Å². The van der Waals surface area contributed by atoms with Gasteiger partial charge < -0.3 is 10.1 Å². The quantitative estimate of drug-likeness (QED) is 0.882. The van der Waals surface area contributed by atoms with Crippen molar-refractivity contribution in [3.05, 3.63) is 29.8 Å². The van der Waals surface area contributed by atoms with Gasteiger partial charge in [0.15, 0.2) is 0 Å². The summed E-state index contributed by atoms with van der Waals surface area (Å²) in [7, 11) is -1.88. The Labute approximate surface area is 151 Å². The highest BCUT2D eigenvalue weighted by Crippen LogP contribution is 2.34. The predicted molar refractivity (Wildman–Crippen MR) is 98.7 cm³/mol. The Morgan fingerprint density at radius 1 is 1.16 bits per heavy atom. The van der Waals surface area contributed by atoms with Gasteiger partial charge in [0.25, 0.3) is 10.2 Å². The van der Waals surface area contributed by atoms with E-state index in [2.05, 4.69) is 19.2 Å². The van der Waals surface area contributed by atoms with Crippen molar-refractivity contribution >= 4 is 10.2 Å². The average Bonchev–Trinajstić information content (AvgIpc) is 2.61. The standard InChI is InChI=1S/C18H29N3O3S/c1-14-10-15(2)13-20(12-14)25(22,23)21-9-8-19-11-17(21)16-6-4-5-7-18(16)24-3/h4-7,14-15,17,19H,8-13H2,1-3H3. The molecule has 3 rings (SSSR count). The van der Waals surface area contributed by atoms with Crippen LogP contribution in [0.15, 0.2) is 24.3 Å². The van der Waals surface area contributed by atoms with Gasteiger partial charge in [-0.05, 0) is 24.3 Å². The van der Waals surface area contributed by atoms with Crippen LogP contribution in [0, 0.1) is 11.8 Å². The lowest BCUT2D eigenvalue weighted by Gasteiger charge is -2.42. The molecule has 3 unspecified atom stereocenters. The number of nitrogens with one attached hydrogen (secondary N) is 1. The van der Waals surface area contributed by atoms with E-state index in [0.29, 0.717) is 44.6 Å². The Bertz CT molecular complexity index is 685. The number of rotatable bonds is 4. The third-order valence-electron chi connectivity index (χ3n) is 5.15. The first-order chi connectivity index (χ1) is 11.9. The number of hydrogen-bond donors (Lipinski definition) is 1. The maximum Gasteiger partial charge on any atom is 0.282 e. The first-order valence-electron chi connectivity index (χ1n) is 9.04. The summed E-state index contributed by atoms with van der Waals surface area (Å²) < 4.78 is 35.6. The van der Waals surface area contributed by atoms with Crippen molar-refractivity contribution in [2.24, 2.45) is 11.8 Å². The first kappa shape index (κ1) is 18.6. The van der Waals surface area contributed by atoms with Gasteiger partial charge in [0, 0.05) is 38.3 Å². The predicted octanol–water partition coefficient (Wildman–Crippen LogP) is 1.86. The van der Waals surface area contributed by atoms with E-state index in [1.807, 2.05) is 24.3 Å². The van der Waals surface area contributed by atoms with Crippen LogP contribution in [-0.4, -0.2) is 56.9 Å². The average molecular weight is 368 g/mol. The van der Waals surface area contributed by atoms with Gasteiger partial charge in [0.2, 0.25) is 0 Å². The summed E-state index contributed by atoms with van der Waals surface area (Å²) in [6, 6.07) is 7.44. The van der Waals surface area contributed by atoms with Crippen molar-refractivity contribution < 1.29 is 13.2 Å². The van der Waals surface area contributed by atoms with Crippen LogP contribution in [-0.2, 0) is 10.2 Å². The fraction of sp³-hybridized carbons (Fsp3) is 0.667. The lowest BCUT2D eigenvalue weighted by molar-refractivity contribution is 0.189. The molecule has 0 aliphatic carbocycles. The zero-order chi connectivity index (χ0) is 18.0. The van der Waals surface area contributed by atoms with E-state index < -0.39 is 10.2 Å². The molecule has 0 saturated carbocycles. The van der Waals surface area contributed by atoms with Crippen LogP contribution >= 0.6 is 0 Å². The number of methoxy groups -OCH3 is 1. The van der Waals surface area contributed by atoms with Crippen LogP contribution in [0.5, 0.6) is 5.75 Å². The summed E-state index contributed by atoms with van der Waals surface area (Å²) in [6.45, 7) is 7.22. The van der Waals surface area contributed by atoms with Crippen molar-refractivity contribution in [1.82, 2.24) is 13.9 Å². The Morgan fingerprint density at radius 3 is 2.52 bits per heavy atom. The van der Waals surface area contributed by atoms with E-state index in [4.69, 9.17) is 4.74 Å². The van der Waals surface area contributed by atoms with Crippen molar-refractivity contribution in [2.45, 2.75) is 26.3 Å². The lowest BCUT2D eigenvalue weighted by Crippen LogP contribution is -2.55. The molecule has 2 fully saturated rings. The number of piperazine rings is 1. The molecule has 0 bridgehead atoms. The molecular formula is C18H29N3O3S. The monoisotopic (exact) mass is 367 g/mol. The molecule has 2 saturated heterocycles. The number of nitrogens with zero attached hydrogens (tertiary/aromatic N) is 2. The van der Waals surface area contributed by atoms with Gasteiger partial charge in [-0.25, -0.2) is 0 Å². The van der Waals surface area contributed by atoms with E-state index in [1.54, 1.807) is 15.7 Å². The third kappa shape index (κ3) is 3.84. The SMILES string of the molecule is COc1ccccc1C1CNCCN1S(=O)(=O)N1CC(C)CC(C)C1. The van der Waals surface area contributed by atoms with Gasteiger partial charge in [-0.1, -0.05) is 32.0 Å². The van der Waals surface area contributed by atoms with Crippen LogP contribution in [0.3, 0.4) is 0 Å². The second-order valence-electron chi connectivity index (χ2n) is 7.34. The minimum Gasteiger partial charge on any atom is -0.496 e. The zero-order valence-electron chi connectivity index (χ0n) is 15.3. The zero-order valence-corrected chi connectivity index (χ0v) is 16.1. The van der Waals surface area contributed by atoms with Crippen LogP contribution in [0.25, 0.3) is 0 Å². The first-order valence-corrected chi connectivity index (χ1v) is 10.4. The fourth-order valence-electron chi connectivity index (χ4n) is 4.11. The molecule has 2 heterocycles. The van der Waals surface area contributed by atoms with E-state index >= 15 is 0 Å².